The number of aryl methyl sites for hydroxylation is 1. The molecular weight excluding hydrogens is 537 g/mol. The molecule has 1 saturated heterocycles. The summed E-state index contributed by atoms with van der Waals surface area (Å²) >= 11 is 15.2. The summed E-state index contributed by atoms with van der Waals surface area (Å²) < 4.78 is 5.98. The standard InChI is InChI=1S/C22H20BrCl2N3O5/c1-2-12-7-14(23)3-6-18(12)26-19(29)11-33-22(32)13-8-20(30)28(10-13)27-21(31)16-5-4-15(24)9-17(16)25/h3-7,9,13H,2,8,10-11H2,1H3,(H,26,29)(H,27,31)/t13-/m0/s1. The van der Waals surface area contributed by atoms with E-state index in [1.807, 2.05) is 13.0 Å². The van der Waals surface area contributed by atoms with E-state index in [0.29, 0.717) is 17.1 Å². The number of ether oxygens (including phenoxy) is 1. The number of anilines is 1. The van der Waals surface area contributed by atoms with Crippen LogP contribution in [0.25, 0.3) is 0 Å². The van der Waals surface area contributed by atoms with Crippen molar-refractivity contribution in [3.8, 4) is 0 Å². The van der Waals surface area contributed by atoms with Gasteiger partial charge in [-0.05, 0) is 48.4 Å². The van der Waals surface area contributed by atoms with Crippen LogP contribution in [0, 0.1) is 5.92 Å². The molecule has 2 aromatic carbocycles. The van der Waals surface area contributed by atoms with Gasteiger partial charge in [-0.3, -0.25) is 29.6 Å². The SMILES string of the molecule is CCc1cc(Br)ccc1NC(=O)COC(=O)[C@H]1CC(=O)N(NC(=O)c2ccc(Cl)cc2Cl)C1. The van der Waals surface area contributed by atoms with Crippen molar-refractivity contribution in [1.29, 1.82) is 0 Å². The molecule has 33 heavy (non-hydrogen) atoms. The third-order valence-corrected chi connectivity index (χ3v) is 5.98. The Labute approximate surface area is 208 Å². The highest BCUT2D eigenvalue weighted by Crippen LogP contribution is 2.23. The van der Waals surface area contributed by atoms with Crippen LogP contribution in [0.15, 0.2) is 40.9 Å². The predicted octanol–water partition coefficient (Wildman–Crippen LogP) is 3.99. The molecule has 0 saturated carbocycles. The molecule has 0 radical (unpaired) electrons. The third kappa shape index (κ3) is 6.46. The van der Waals surface area contributed by atoms with Crippen LogP contribution in [0.2, 0.25) is 10.0 Å². The van der Waals surface area contributed by atoms with E-state index >= 15 is 0 Å². The molecule has 8 nitrogen and oxygen atoms in total. The van der Waals surface area contributed by atoms with Gasteiger partial charge in [0.05, 0.1) is 23.0 Å². The number of carbonyl (C=O) groups excluding carboxylic acids is 4. The van der Waals surface area contributed by atoms with Gasteiger partial charge in [0.25, 0.3) is 11.8 Å². The molecule has 2 aromatic rings. The summed E-state index contributed by atoms with van der Waals surface area (Å²) in [7, 11) is 0. The highest BCUT2D eigenvalue weighted by molar-refractivity contribution is 9.10. The molecule has 1 heterocycles. The third-order valence-electron chi connectivity index (χ3n) is 4.94. The number of benzene rings is 2. The van der Waals surface area contributed by atoms with E-state index in [-0.39, 0.29) is 23.6 Å². The van der Waals surface area contributed by atoms with Gasteiger partial charge in [0.1, 0.15) is 0 Å². The average Bonchev–Trinajstić information content (AvgIpc) is 3.13. The Balaban J connectivity index is 1.51. The molecule has 1 aliphatic rings. The molecular formula is C22H20BrCl2N3O5. The zero-order valence-electron chi connectivity index (χ0n) is 17.5. The maximum atomic E-state index is 12.4. The summed E-state index contributed by atoms with van der Waals surface area (Å²) in [6.45, 7) is 1.39. The number of nitrogens with zero attached hydrogens (tertiary/aromatic N) is 1. The van der Waals surface area contributed by atoms with Crippen LogP contribution in [0.3, 0.4) is 0 Å². The molecule has 3 rings (SSSR count). The summed E-state index contributed by atoms with van der Waals surface area (Å²) in [5.74, 6) is -3.08. The predicted molar refractivity (Wildman–Crippen MR) is 127 cm³/mol. The van der Waals surface area contributed by atoms with Gasteiger partial charge in [-0.15, -0.1) is 0 Å². The van der Waals surface area contributed by atoms with Crippen molar-refractivity contribution in [2.75, 3.05) is 18.5 Å². The Morgan fingerprint density at radius 2 is 1.94 bits per heavy atom. The van der Waals surface area contributed by atoms with Crippen molar-refractivity contribution in [1.82, 2.24) is 10.4 Å². The van der Waals surface area contributed by atoms with E-state index in [1.54, 1.807) is 12.1 Å². The number of halogens is 3. The fourth-order valence-corrected chi connectivity index (χ4v) is 4.15. The lowest BCUT2D eigenvalue weighted by Crippen LogP contribution is -2.43. The summed E-state index contributed by atoms with van der Waals surface area (Å²) in [4.78, 5) is 49.2. The number of rotatable bonds is 7. The lowest BCUT2D eigenvalue weighted by Gasteiger charge is -2.18. The van der Waals surface area contributed by atoms with Gasteiger partial charge in [-0.1, -0.05) is 46.1 Å². The fraction of sp³-hybridized carbons (Fsp3) is 0.273. The van der Waals surface area contributed by atoms with Crippen LogP contribution >= 0.6 is 39.1 Å². The van der Waals surface area contributed by atoms with Crippen LogP contribution < -0.4 is 10.7 Å². The smallest absolute Gasteiger partial charge is 0.311 e. The van der Waals surface area contributed by atoms with Crippen molar-refractivity contribution in [2.45, 2.75) is 19.8 Å². The zero-order chi connectivity index (χ0) is 24.1. The molecule has 1 aliphatic heterocycles. The quantitative estimate of drug-likeness (QED) is 0.502. The highest BCUT2D eigenvalue weighted by atomic mass is 79.9. The maximum absolute atomic E-state index is 12.4. The molecule has 0 unspecified atom stereocenters. The average molecular weight is 557 g/mol. The molecule has 11 heteroatoms. The van der Waals surface area contributed by atoms with Gasteiger partial charge in [0.2, 0.25) is 5.91 Å². The topological polar surface area (TPSA) is 105 Å². The minimum absolute atomic E-state index is 0.0804. The van der Waals surface area contributed by atoms with Gasteiger partial charge >= 0.3 is 5.97 Å². The fourth-order valence-electron chi connectivity index (χ4n) is 3.25. The minimum Gasteiger partial charge on any atom is -0.455 e. The molecule has 1 fully saturated rings. The molecule has 0 bridgehead atoms. The van der Waals surface area contributed by atoms with Crippen LogP contribution in [0.1, 0.15) is 29.3 Å². The minimum atomic E-state index is -0.815. The molecule has 2 N–H and O–H groups in total. The summed E-state index contributed by atoms with van der Waals surface area (Å²) in [6, 6.07) is 9.78. The van der Waals surface area contributed by atoms with E-state index < -0.39 is 36.2 Å². The van der Waals surface area contributed by atoms with E-state index in [1.165, 1.54) is 18.2 Å². The monoisotopic (exact) mass is 555 g/mol. The normalized spacial score (nSPS) is 15.3. The first kappa shape index (κ1) is 25.0. The van der Waals surface area contributed by atoms with E-state index in [2.05, 4.69) is 26.7 Å². The first-order valence-corrected chi connectivity index (χ1v) is 11.5. The molecule has 1 atom stereocenters. The molecule has 3 amide bonds. The van der Waals surface area contributed by atoms with E-state index in [9.17, 15) is 19.2 Å². The molecule has 0 spiro atoms. The second-order valence-electron chi connectivity index (χ2n) is 7.28. The number of esters is 1. The number of amides is 3. The largest absolute Gasteiger partial charge is 0.455 e. The Bertz CT molecular complexity index is 1110. The van der Waals surface area contributed by atoms with Crippen molar-refractivity contribution in [2.24, 2.45) is 5.92 Å². The Kier molecular flexibility index (Phi) is 8.34. The van der Waals surface area contributed by atoms with Crippen molar-refractivity contribution < 1.29 is 23.9 Å². The van der Waals surface area contributed by atoms with Crippen LogP contribution in [0.4, 0.5) is 5.69 Å². The van der Waals surface area contributed by atoms with Gasteiger partial charge in [-0.25, -0.2) is 0 Å². The molecule has 174 valence electrons. The van der Waals surface area contributed by atoms with Gasteiger partial charge in [-0.2, -0.15) is 0 Å². The van der Waals surface area contributed by atoms with Crippen LogP contribution in [-0.2, 0) is 25.5 Å². The number of hydrogen-bond acceptors (Lipinski definition) is 5. The van der Waals surface area contributed by atoms with Crippen LogP contribution in [-0.4, -0.2) is 41.9 Å². The van der Waals surface area contributed by atoms with Gasteiger partial charge in [0.15, 0.2) is 6.61 Å². The second kappa shape index (κ2) is 11.0. The zero-order valence-corrected chi connectivity index (χ0v) is 20.6. The van der Waals surface area contributed by atoms with Crippen molar-refractivity contribution in [3.05, 3.63) is 62.0 Å². The summed E-state index contributed by atoms with van der Waals surface area (Å²) in [5, 5.41) is 4.25. The highest BCUT2D eigenvalue weighted by Gasteiger charge is 2.37. The number of nitrogens with one attached hydrogen (secondary N) is 2. The molecule has 0 aromatic heterocycles. The Hall–Kier alpha value is -2.62. The van der Waals surface area contributed by atoms with Gasteiger partial charge in [0, 0.05) is 21.6 Å². The number of hydrazine groups is 1. The Morgan fingerprint density at radius 1 is 1.18 bits per heavy atom. The van der Waals surface area contributed by atoms with E-state index in [0.717, 1.165) is 15.0 Å². The number of carbonyl (C=O) groups is 4. The first-order valence-electron chi connectivity index (χ1n) is 9.99. The maximum Gasteiger partial charge on any atom is 0.311 e. The summed E-state index contributed by atoms with van der Waals surface area (Å²) in [6.07, 6.45) is 0.559. The lowest BCUT2D eigenvalue weighted by molar-refractivity contribution is -0.151. The lowest BCUT2D eigenvalue weighted by atomic mass is 10.1. The Morgan fingerprint density at radius 3 is 2.64 bits per heavy atom. The first-order chi connectivity index (χ1) is 15.7. The summed E-state index contributed by atoms with van der Waals surface area (Å²) in [5.41, 5.74) is 4.13. The van der Waals surface area contributed by atoms with E-state index in [4.69, 9.17) is 27.9 Å². The number of hydrogen-bond donors (Lipinski definition) is 2. The van der Waals surface area contributed by atoms with Crippen molar-refractivity contribution >= 4 is 68.5 Å². The van der Waals surface area contributed by atoms with Crippen molar-refractivity contribution in [3.63, 3.8) is 0 Å². The second-order valence-corrected chi connectivity index (χ2v) is 9.04. The van der Waals surface area contributed by atoms with Crippen LogP contribution in [0.5, 0.6) is 0 Å². The van der Waals surface area contributed by atoms with Gasteiger partial charge < -0.3 is 10.1 Å². The molecule has 0 aliphatic carbocycles.